The second kappa shape index (κ2) is 8.52. The maximum absolute atomic E-state index is 15.5. The van der Waals surface area contributed by atoms with Gasteiger partial charge in [-0.05, 0) is 45.4 Å². The Kier molecular flexibility index (Phi) is 6.22. The van der Waals surface area contributed by atoms with Gasteiger partial charge in [0.1, 0.15) is 0 Å². The topological polar surface area (TPSA) is 84.1 Å². The highest BCUT2D eigenvalue weighted by atomic mass is 19.4. The summed E-state index contributed by atoms with van der Waals surface area (Å²) in [7, 11) is 0. The molecule has 6 nitrogen and oxygen atoms in total. The lowest BCUT2D eigenvalue weighted by molar-refractivity contribution is -0.287. The van der Waals surface area contributed by atoms with E-state index < -0.39 is 53.7 Å². The summed E-state index contributed by atoms with van der Waals surface area (Å²) in [6.07, 6.45) is -10.7. The summed E-state index contributed by atoms with van der Waals surface area (Å²) < 4.78 is 94.9. The van der Waals surface area contributed by atoms with Crippen molar-refractivity contribution in [2.24, 2.45) is 17.6 Å². The fourth-order valence-electron chi connectivity index (χ4n) is 5.14. The first-order valence-corrected chi connectivity index (χ1v) is 11.2. The summed E-state index contributed by atoms with van der Waals surface area (Å²) in [5.74, 6) is -5.00. The number of rotatable bonds is 5. The monoisotopic (exact) mass is 510 g/mol. The van der Waals surface area contributed by atoms with Gasteiger partial charge in [0.15, 0.2) is 11.7 Å². The van der Waals surface area contributed by atoms with Crippen molar-refractivity contribution in [1.82, 2.24) is 9.55 Å². The van der Waals surface area contributed by atoms with E-state index in [0.717, 1.165) is 0 Å². The molecule has 2 aromatic rings. The average molecular weight is 510 g/mol. The normalized spacial score (nSPS) is 20.3. The lowest BCUT2D eigenvalue weighted by atomic mass is 9.89. The van der Waals surface area contributed by atoms with Crippen molar-refractivity contribution in [3.8, 4) is 0 Å². The number of alkyl halides is 6. The number of nitrogens with zero attached hydrogens (tertiary/aromatic N) is 2. The van der Waals surface area contributed by atoms with Gasteiger partial charge in [-0.15, -0.1) is 0 Å². The van der Waals surface area contributed by atoms with Gasteiger partial charge in [0, 0.05) is 36.3 Å². The molecule has 2 unspecified atom stereocenters. The van der Waals surface area contributed by atoms with Crippen LogP contribution in [0.4, 0.5) is 36.4 Å². The number of nitrogens with two attached hydrogens (primary N) is 1. The second-order valence-electron chi connectivity index (χ2n) is 9.53. The van der Waals surface area contributed by atoms with Crippen LogP contribution in [0, 0.1) is 31.5 Å². The zero-order valence-electron chi connectivity index (χ0n) is 19.0. The highest BCUT2D eigenvalue weighted by Crippen LogP contribution is 2.44. The van der Waals surface area contributed by atoms with Crippen molar-refractivity contribution in [2.75, 3.05) is 18.0 Å². The Hall–Kier alpha value is -2.57. The van der Waals surface area contributed by atoms with Crippen LogP contribution in [-0.4, -0.2) is 41.0 Å². The molecular weight excluding hydrogens is 485 g/mol. The van der Waals surface area contributed by atoms with Crippen molar-refractivity contribution in [3.05, 3.63) is 37.8 Å². The third kappa shape index (κ3) is 4.54. The number of fused-ring (bicyclic) bond motifs is 1. The minimum atomic E-state index is -5.48. The molecule has 2 atom stereocenters. The Morgan fingerprint density at radius 1 is 1.03 bits per heavy atom. The van der Waals surface area contributed by atoms with Crippen molar-refractivity contribution in [3.63, 3.8) is 0 Å². The quantitative estimate of drug-likeness (QED) is 0.595. The van der Waals surface area contributed by atoms with Gasteiger partial charge in [-0.3, -0.25) is 14.3 Å². The van der Waals surface area contributed by atoms with E-state index in [1.54, 1.807) is 6.92 Å². The molecule has 3 N–H and O–H groups in total. The Balaban J connectivity index is 1.69. The lowest BCUT2D eigenvalue weighted by Crippen LogP contribution is -2.43. The molecule has 13 heteroatoms. The van der Waals surface area contributed by atoms with Gasteiger partial charge in [-0.2, -0.15) is 26.3 Å². The molecule has 1 saturated heterocycles. The van der Waals surface area contributed by atoms with Gasteiger partial charge < -0.3 is 10.6 Å². The first-order chi connectivity index (χ1) is 16.1. The highest BCUT2D eigenvalue weighted by molar-refractivity contribution is 5.90. The van der Waals surface area contributed by atoms with E-state index in [1.165, 1.54) is 16.4 Å². The smallest absolute Gasteiger partial charge is 0.369 e. The van der Waals surface area contributed by atoms with Crippen LogP contribution in [0.25, 0.3) is 10.9 Å². The molecule has 1 saturated carbocycles. The molecule has 2 fully saturated rings. The molecule has 2 aliphatic rings. The van der Waals surface area contributed by atoms with Crippen molar-refractivity contribution >= 4 is 16.6 Å². The number of anilines is 1. The summed E-state index contributed by atoms with van der Waals surface area (Å²) in [5, 5.41) is 0.0425. The SMILES string of the molecule is Cc1c(F)c(N2CCC(C(N)CC(C(F)(F)F)C(F)(F)F)C2)c(C)c2c1c(=O)[nH]c(=O)n2C1CC1. The van der Waals surface area contributed by atoms with E-state index >= 15 is 4.39 Å². The molecular formula is C22H25F7N4O2. The van der Waals surface area contributed by atoms with Crippen LogP contribution in [0.2, 0.25) is 0 Å². The number of aromatic nitrogens is 2. The average Bonchev–Trinajstić information content (AvgIpc) is 3.44. The third-order valence-electron chi connectivity index (χ3n) is 7.12. The Bertz CT molecular complexity index is 1250. The molecule has 1 aliphatic heterocycles. The predicted molar refractivity (Wildman–Crippen MR) is 115 cm³/mol. The maximum Gasteiger partial charge on any atom is 0.400 e. The van der Waals surface area contributed by atoms with Gasteiger partial charge in [0.05, 0.1) is 16.6 Å². The molecule has 1 aromatic heterocycles. The standard InChI is InChI=1S/C22H25F7N4O2/c1-9-15-17(33(12-3-4-12)20(35)31-19(15)34)10(2)18(16(9)23)32-6-5-11(8-32)13(30)7-14(21(24,25)26)22(27,28)29/h11-14H,3-8,30H2,1-2H3,(H,31,34,35). The van der Waals surface area contributed by atoms with E-state index in [0.29, 0.717) is 18.4 Å². The number of H-pyrrole nitrogens is 1. The van der Waals surface area contributed by atoms with Crippen molar-refractivity contribution < 1.29 is 30.7 Å². The number of aryl methyl sites for hydroxylation is 2. The largest absolute Gasteiger partial charge is 0.400 e. The Morgan fingerprint density at radius 3 is 2.17 bits per heavy atom. The number of hydrogen-bond acceptors (Lipinski definition) is 4. The molecule has 0 bridgehead atoms. The van der Waals surface area contributed by atoms with Gasteiger partial charge in [-0.25, -0.2) is 9.18 Å². The van der Waals surface area contributed by atoms with E-state index in [2.05, 4.69) is 4.98 Å². The molecule has 4 rings (SSSR count). The minimum Gasteiger partial charge on any atom is -0.369 e. The lowest BCUT2D eigenvalue weighted by Gasteiger charge is -2.29. The number of hydrogen-bond donors (Lipinski definition) is 2. The van der Waals surface area contributed by atoms with Gasteiger partial charge in [-0.1, -0.05) is 0 Å². The zero-order valence-corrected chi connectivity index (χ0v) is 19.0. The number of halogens is 7. The zero-order chi connectivity index (χ0) is 26.0. The number of aromatic amines is 1. The van der Waals surface area contributed by atoms with Crippen LogP contribution in [0.1, 0.15) is 42.9 Å². The Morgan fingerprint density at radius 2 is 1.63 bits per heavy atom. The summed E-state index contributed by atoms with van der Waals surface area (Å²) in [6.45, 7) is 3.05. The van der Waals surface area contributed by atoms with Crippen LogP contribution in [0.3, 0.4) is 0 Å². The van der Waals surface area contributed by atoms with Crippen LogP contribution in [0.15, 0.2) is 9.59 Å². The minimum absolute atomic E-state index is 0.0122. The van der Waals surface area contributed by atoms with Crippen molar-refractivity contribution in [1.29, 1.82) is 0 Å². The third-order valence-corrected chi connectivity index (χ3v) is 7.12. The summed E-state index contributed by atoms with van der Waals surface area (Å²) in [4.78, 5) is 28.8. The molecule has 35 heavy (non-hydrogen) atoms. The van der Waals surface area contributed by atoms with Gasteiger partial charge in [0.25, 0.3) is 5.56 Å². The van der Waals surface area contributed by atoms with Gasteiger partial charge in [0.2, 0.25) is 0 Å². The summed E-state index contributed by atoms with van der Waals surface area (Å²) >= 11 is 0. The molecule has 1 aliphatic carbocycles. The van der Waals surface area contributed by atoms with Crippen LogP contribution in [0.5, 0.6) is 0 Å². The maximum atomic E-state index is 15.5. The molecule has 0 spiro atoms. The summed E-state index contributed by atoms with van der Waals surface area (Å²) in [6, 6.07) is -1.55. The second-order valence-corrected chi connectivity index (χ2v) is 9.53. The number of nitrogens with one attached hydrogen (secondary N) is 1. The Labute approximate surface area is 194 Å². The molecule has 194 valence electrons. The molecule has 2 heterocycles. The first-order valence-electron chi connectivity index (χ1n) is 11.2. The predicted octanol–water partition coefficient (Wildman–Crippen LogP) is 4.07. The van der Waals surface area contributed by atoms with Crippen LogP contribution >= 0.6 is 0 Å². The van der Waals surface area contributed by atoms with Crippen LogP contribution in [-0.2, 0) is 0 Å². The van der Waals surface area contributed by atoms with Crippen molar-refractivity contribution in [2.45, 2.75) is 64.0 Å². The molecule has 1 aromatic carbocycles. The van der Waals surface area contributed by atoms with Gasteiger partial charge >= 0.3 is 18.0 Å². The summed E-state index contributed by atoms with van der Waals surface area (Å²) in [5.41, 5.74) is 5.17. The van der Waals surface area contributed by atoms with Crippen LogP contribution < -0.4 is 21.9 Å². The first kappa shape index (κ1) is 25.5. The van der Waals surface area contributed by atoms with E-state index in [9.17, 15) is 35.9 Å². The highest BCUT2D eigenvalue weighted by Gasteiger charge is 2.57. The van der Waals surface area contributed by atoms with E-state index in [4.69, 9.17) is 5.73 Å². The van der Waals surface area contributed by atoms with E-state index in [-0.39, 0.29) is 47.7 Å². The fraction of sp³-hybridized carbons (Fsp3) is 0.636. The molecule has 0 amide bonds. The fourth-order valence-corrected chi connectivity index (χ4v) is 5.14. The van der Waals surface area contributed by atoms with E-state index in [1.807, 2.05) is 0 Å². The molecule has 0 radical (unpaired) electrons. The number of benzene rings is 1.